The lowest BCUT2D eigenvalue weighted by molar-refractivity contribution is -0.127. The van der Waals surface area contributed by atoms with E-state index in [1.54, 1.807) is 0 Å². The molecule has 7 nitrogen and oxygen atoms in total. The summed E-state index contributed by atoms with van der Waals surface area (Å²) in [6.45, 7) is 3.51. The molecule has 2 aliphatic rings. The Hall–Kier alpha value is -2.79. The van der Waals surface area contributed by atoms with Crippen LogP contribution in [0.3, 0.4) is 0 Å². The number of sulfonamides is 1. The van der Waals surface area contributed by atoms with Gasteiger partial charge in [-0.2, -0.15) is 13.2 Å². The molecule has 2 aromatic carbocycles. The zero-order valence-corrected chi connectivity index (χ0v) is 22.2. The van der Waals surface area contributed by atoms with Crippen LogP contribution in [0.2, 0.25) is 0 Å². The van der Waals surface area contributed by atoms with Gasteiger partial charge in [-0.05, 0) is 73.4 Å². The number of hydrogen-bond acceptors (Lipinski definition) is 6. The quantitative estimate of drug-likeness (QED) is 0.411. The van der Waals surface area contributed by atoms with E-state index in [-0.39, 0.29) is 33.7 Å². The highest BCUT2D eigenvalue weighted by Gasteiger charge is 2.37. The minimum Gasteiger partial charge on any atom is -0.492 e. The van der Waals surface area contributed by atoms with Crippen LogP contribution < -0.4 is 9.04 Å². The van der Waals surface area contributed by atoms with Gasteiger partial charge in [0.05, 0.1) is 30.7 Å². The summed E-state index contributed by atoms with van der Waals surface area (Å²) < 4.78 is 84.2. The van der Waals surface area contributed by atoms with Gasteiger partial charge in [0.25, 0.3) is 10.0 Å². The maximum Gasteiger partial charge on any atom is 0.393 e. The molecule has 0 radical (unpaired) electrons. The first-order chi connectivity index (χ1) is 18.0. The van der Waals surface area contributed by atoms with Crippen LogP contribution in [0.4, 0.5) is 18.9 Å². The number of fused-ring (bicyclic) bond motifs is 1. The van der Waals surface area contributed by atoms with E-state index < -0.39 is 28.6 Å². The van der Waals surface area contributed by atoms with E-state index in [2.05, 4.69) is 0 Å². The third-order valence-electron chi connectivity index (χ3n) is 7.06. The fourth-order valence-corrected chi connectivity index (χ4v) is 6.84. The topological polar surface area (TPSA) is 82.1 Å². The summed E-state index contributed by atoms with van der Waals surface area (Å²) in [7, 11) is -2.96. The monoisotopic (exact) mass is 555 g/mol. The number of anilines is 1. The predicted octanol–water partition coefficient (Wildman–Crippen LogP) is 5.30. The largest absolute Gasteiger partial charge is 0.492 e. The summed E-state index contributed by atoms with van der Waals surface area (Å²) >= 11 is 0. The molecular formula is C27H32F3NO6S. The first-order valence-electron chi connectivity index (χ1n) is 12.7. The van der Waals surface area contributed by atoms with Crippen LogP contribution in [-0.4, -0.2) is 53.5 Å². The molecule has 0 aliphatic carbocycles. The Morgan fingerprint density at radius 2 is 1.84 bits per heavy atom. The van der Waals surface area contributed by atoms with E-state index in [0.717, 1.165) is 12.8 Å². The molecule has 2 aliphatic heterocycles. The number of alkyl halides is 3. The molecular weight excluding hydrogens is 523 g/mol. The normalized spacial score (nSPS) is 18.7. The van der Waals surface area contributed by atoms with Crippen molar-refractivity contribution < 1.29 is 40.6 Å². The Kier molecular flexibility index (Phi) is 8.56. The molecule has 4 rings (SSSR count). The number of aryl methyl sites for hydroxylation is 1. The van der Waals surface area contributed by atoms with Crippen LogP contribution >= 0.6 is 0 Å². The molecule has 0 N–H and O–H groups in total. The number of carbonyl (C=O) groups excluding carboxylic acids is 1. The summed E-state index contributed by atoms with van der Waals surface area (Å²) in [6, 6.07) is 7.91. The lowest BCUT2D eigenvalue weighted by Gasteiger charge is -2.37. The number of methoxy groups -OCH3 is 1. The Morgan fingerprint density at radius 1 is 1.11 bits per heavy atom. The van der Waals surface area contributed by atoms with Gasteiger partial charge in [-0.15, -0.1) is 0 Å². The number of nitrogens with zero attached hydrogens (tertiary/aromatic N) is 1. The van der Waals surface area contributed by atoms with Gasteiger partial charge in [0.15, 0.2) is 0 Å². The van der Waals surface area contributed by atoms with Crippen molar-refractivity contribution in [1.29, 1.82) is 0 Å². The van der Waals surface area contributed by atoms with Gasteiger partial charge in [0.2, 0.25) is 0 Å². The van der Waals surface area contributed by atoms with Crippen LogP contribution in [0.15, 0.2) is 41.3 Å². The fraction of sp³-hybridized carbons (Fsp3) is 0.519. The van der Waals surface area contributed by atoms with Gasteiger partial charge in [0.1, 0.15) is 11.3 Å². The Labute approximate surface area is 220 Å². The number of carbonyl (C=O) groups is 1. The number of esters is 1. The van der Waals surface area contributed by atoms with Gasteiger partial charge in [-0.3, -0.25) is 4.31 Å². The molecule has 38 heavy (non-hydrogen) atoms. The highest BCUT2D eigenvalue weighted by Crippen LogP contribution is 2.38. The second-order valence-corrected chi connectivity index (χ2v) is 11.5. The SMILES string of the molecule is CCC1CCc2cc(CC(F)(F)F)ccc2N1S(=O)(=O)c1ccc(OCC2CCOCC2)c(C(=O)OC)c1. The Balaban J connectivity index is 1.68. The van der Waals surface area contributed by atoms with Crippen molar-refractivity contribution in [2.24, 2.45) is 5.92 Å². The molecule has 1 saturated heterocycles. The van der Waals surface area contributed by atoms with E-state index in [0.29, 0.717) is 50.3 Å². The number of ether oxygens (including phenoxy) is 3. The number of benzene rings is 2. The standard InChI is InChI=1S/C27H32F3NO6S/c1-3-21-6-5-20-14-19(16-27(28,29)30)4-8-24(20)31(21)38(33,34)22-7-9-25(23(15-22)26(32)35-2)37-17-18-10-12-36-13-11-18/h4,7-9,14-15,18,21H,3,5-6,10-13,16-17H2,1-2H3. The van der Waals surface area contributed by atoms with Crippen molar-refractivity contribution in [2.75, 3.05) is 31.2 Å². The van der Waals surface area contributed by atoms with Crippen molar-refractivity contribution in [1.82, 2.24) is 0 Å². The zero-order chi connectivity index (χ0) is 27.5. The molecule has 2 aromatic rings. The van der Waals surface area contributed by atoms with E-state index in [1.165, 1.54) is 47.8 Å². The first kappa shape index (κ1) is 28.2. The molecule has 0 spiro atoms. The van der Waals surface area contributed by atoms with Crippen molar-refractivity contribution >= 4 is 21.7 Å². The van der Waals surface area contributed by atoms with Crippen LogP contribution in [-0.2, 0) is 32.3 Å². The summed E-state index contributed by atoms with van der Waals surface area (Å²) in [5.74, 6) is -0.243. The van der Waals surface area contributed by atoms with Crippen LogP contribution in [0.1, 0.15) is 54.1 Å². The van der Waals surface area contributed by atoms with Crippen molar-refractivity contribution in [3.8, 4) is 5.75 Å². The van der Waals surface area contributed by atoms with Crippen LogP contribution in [0.25, 0.3) is 0 Å². The zero-order valence-electron chi connectivity index (χ0n) is 21.4. The summed E-state index contributed by atoms with van der Waals surface area (Å²) in [5.41, 5.74) is 0.979. The van der Waals surface area contributed by atoms with E-state index in [4.69, 9.17) is 14.2 Å². The van der Waals surface area contributed by atoms with Crippen molar-refractivity contribution in [2.45, 2.75) is 62.6 Å². The molecule has 208 valence electrons. The highest BCUT2D eigenvalue weighted by molar-refractivity contribution is 7.92. The minimum absolute atomic E-state index is 0.00793. The molecule has 1 unspecified atom stereocenters. The summed E-state index contributed by atoms with van der Waals surface area (Å²) in [5, 5.41) is 0. The van der Waals surface area contributed by atoms with Gasteiger partial charge < -0.3 is 14.2 Å². The average molecular weight is 556 g/mol. The molecule has 0 bridgehead atoms. The van der Waals surface area contributed by atoms with Crippen molar-refractivity contribution in [3.63, 3.8) is 0 Å². The molecule has 2 heterocycles. The van der Waals surface area contributed by atoms with Gasteiger partial charge in [-0.25, -0.2) is 13.2 Å². The smallest absolute Gasteiger partial charge is 0.393 e. The first-order valence-corrected chi connectivity index (χ1v) is 14.1. The fourth-order valence-electron chi connectivity index (χ4n) is 5.03. The molecule has 0 aromatic heterocycles. The Morgan fingerprint density at radius 3 is 2.50 bits per heavy atom. The molecule has 0 amide bonds. The third kappa shape index (κ3) is 6.26. The third-order valence-corrected chi connectivity index (χ3v) is 8.93. The number of halogens is 3. The predicted molar refractivity (Wildman–Crippen MR) is 135 cm³/mol. The molecule has 11 heteroatoms. The number of hydrogen-bond donors (Lipinski definition) is 0. The van der Waals surface area contributed by atoms with Crippen LogP contribution in [0, 0.1) is 5.92 Å². The molecule has 0 saturated carbocycles. The average Bonchev–Trinajstić information content (AvgIpc) is 2.90. The maximum absolute atomic E-state index is 14.0. The Bertz CT molecular complexity index is 1260. The number of rotatable bonds is 8. The second kappa shape index (κ2) is 11.5. The van der Waals surface area contributed by atoms with Crippen molar-refractivity contribution in [3.05, 3.63) is 53.1 Å². The molecule has 1 fully saturated rings. The lowest BCUT2D eigenvalue weighted by Crippen LogP contribution is -2.43. The molecule has 1 atom stereocenters. The van der Waals surface area contributed by atoms with E-state index in [1.807, 2.05) is 6.92 Å². The van der Waals surface area contributed by atoms with Gasteiger partial charge in [0, 0.05) is 19.3 Å². The lowest BCUT2D eigenvalue weighted by atomic mass is 9.94. The highest BCUT2D eigenvalue weighted by atomic mass is 32.2. The van der Waals surface area contributed by atoms with Crippen LogP contribution in [0.5, 0.6) is 5.75 Å². The summed E-state index contributed by atoms with van der Waals surface area (Å²) in [6.07, 6.45) is -2.33. The minimum atomic E-state index is -4.36. The van der Waals surface area contributed by atoms with E-state index >= 15 is 0 Å². The van der Waals surface area contributed by atoms with Gasteiger partial charge >= 0.3 is 12.1 Å². The maximum atomic E-state index is 14.0. The summed E-state index contributed by atoms with van der Waals surface area (Å²) in [4.78, 5) is 12.5. The second-order valence-electron chi connectivity index (χ2n) is 9.67. The van der Waals surface area contributed by atoms with Gasteiger partial charge in [-0.1, -0.05) is 19.1 Å². The van der Waals surface area contributed by atoms with E-state index in [9.17, 15) is 26.4 Å².